The molecule has 0 aliphatic heterocycles. The van der Waals surface area contributed by atoms with E-state index in [-0.39, 0.29) is 21.1 Å². The molecular weight excluding hydrogens is 375 g/mol. The Balaban J connectivity index is 0. The van der Waals surface area contributed by atoms with Crippen molar-refractivity contribution in [2.45, 2.75) is 74.1 Å². The average Bonchev–Trinajstić information content (AvgIpc) is 2.44. The topological polar surface area (TPSA) is 74.6 Å². The molecule has 0 bridgehead atoms. The van der Waals surface area contributed by atoms with Crippen molar-refractivity contribution in [2.75, 3.05) is 0 Å². The van der Waals surface area contributed by atoms with Crippen molar-refractivity contribution in [3.8, 4) is 0 Å². The molecule has 0 unspecified atom stereocenters. The van der Waals surface area contributed by atoms with Crippen molar-refractivity contribution >= 4 is 33.1 Å². The van der Waals surface area contributed by atoms with Crippen LogP contribution in [0.3, 0.4) is 0 Å². The fraction of sp³-hybridized carbons (Fsp3) is 0.750. The van der Waals surface area contributed by atoms with Crippen LogP contribution >= 0.6 is 0 Å². The summed E-state index contributed by atoms with van der Waals surface area (Å²) >= 11 is 0.104. The Labute approximate surface area is 139 Å². The van der Waals surface area contributed by atoms with Crippen molar-refractivity contribution in [1.82, 2.24) is 0 Å². The molecule has 0 aromatic heterocycles. The fourth-order valence-electron chi connectivity index (χ4n) is 1.62. The van der Waals surface area contributed by atoms with Gasteiger partial charge in [0, 0.05) is 12.2 Å². The monoisotopic (exact) mass is 406 g/mol. The minimum absolute atomic E-state index is 0.104. The molecule has 0 aromatic carbocycles. The molecule has 0 aromatic rings. The predicted molar refractivity (Wildman–Crippen MR) is 88.1 cm³/mol. The number of rotatable bonds is 12. The van der Waals surface area contributed by atoms with Gasteiger partial charge in [-0.05, 0) is 0 Å². The molecule has 2 N–H and O–H groups in total. The van der Waals surface area contributed by atoms with Crippen LogP contribution in [0, 0.1) is 0 Å². The van der Waals surface area contributed by atoms with Crippen LogP contribution in [-0.2, 0) is 9.59 Å². The number of carboxylic acid groups (broad SMARTS) is 2. The number of carboxylic acids is 2. The van der Waals surface area contributed by atoms with Crippen LogP contribution in [0.5, 0.6) is 0 Å². The van der Waals surface area contributed by atoms with E-state index < -0.39 is 11.9 Å². The van der Waals surface area contributed by atoms with Gasteiger partial charge in [-0.1, -0.05) is 0 Å². The molecule has 0 spiro atoms. The van der Waals surface area contributed by atoms with Crippen LogP contribution in [0.2, 0.25) is 8.87 Å². The first-order chi connectivity index (χ1) is 10.0. The zero-order chi connectivity index (χ0) is 16.3. The molecule has 0 saturated heterocycles. The van der Waals surface area contributed by atoms with Crippen LogP contribution in [0.15, 0.2) is 12.2 Å². The summed E-state index contributed by atoms with van der Waals surface area (Å²) in [7, 11) is 0. The van der Waals surface area contributed by atoms with Crippen LogP contribution in [0.1, 0.15) is 65.2 Å². The van der Waals surface area contributed by atoms with E-state index >= 15 is 0 Å². The van der Waals surface area contributed by atoms with E-state index in [1.54, 1.807) is 21.7 Å². The average molecular weight is 405 g/mol. The van der Waals surface area contributed by atoms with Crippen LogP contribution in [-0.4, -0.2) is 43.3 Å². The molecule has 0 saturated carbocycles. The van der Waals surface area contributed by atoms with Gasteiger partial charge in [0.1, 0.15) is 0 Å². The van der Waals surface area contributed by atoms with E-state index in [9.17, 15) is 9.59 Å². The van der Waals surface area contributed by atoms with Crippen molar-refractivity contribution in [2.24, 2.45) is 0 Å². The molecule has 2 radical (unpaired) electrons. The zero-order valence-electron chi connectivity index (χ0n) is 13.4. The Morgan fingerprint density at radius 2 is 1.14 bits per heavy atom. The summed E-state index contributed by atoms with van der Waals surface area (Å²) < 4.78 is 3.30. The molecule has 0 atom stereocenters. The van der Waals surface area contributed by atoms with E-state index in [1.807, 2.05) is 0 Å². The molecule has 122 valence electrons. The van der Waals surface area contributed by atoms with Crippen molar-refractivity contribution < 1.29 is 19.8 Å². The second-order valence-corrected chi connectivity index (χ2v) is 9.16. The molecule has 4 nitrogen and oxygen atoms in total. The molecule has 0 rings (SSSR count). The molecule has 0 aliphatic rings. The molecule has 0 heterocycles. The summed E-state index contributed by atoms with van der Waals surface area (Å²) in [5.74, 6) is -2.51. The van der Waals surface area contributed by atoms with Crippen molar-refractivity contribution in [3.63, 3.8) is 0 Å². The van der Waals surface area contributed by atoms with E-state index in [1.165, 1.54) is 38.5 Å². The van der Waals surface area contributed by atoms with Crippen molar-refractivity contribution in [3.05, 3.63) is 12.2 Å². The normalized spacial score (nSPS) is 10.2. The van der Waals surface area contributed by atoms with E-state index in [4.69, 9.17) is 10.2 Å². The Kier molecular flexibility index (Phi) is 21.1. The molecular formula is C16H30O4Sn. The van der Waals surface area contributed by atoms with E-state index in [0.29, 0.717) is 12.2 Å². The van der Waals surface area contributed by atoms with Gasteiger partial charge < -0.3 is 10.2 Å². The van der Waals surface area contributed by atoms with Gasteiger partial charge in [0.2, 0.25) is 0 Å². The third kappa shape index (κ3) is 28.4. The maximum atomic E-state index is 9.55. The molecule has 21 heavy (non-hydrogen) atoms. The van der Waals surface area contributed by atoms with Crippen molar-refractivity contribution in [1.29, 1.82) is 0 Å². The third-order valence-electron chi connectivity index (χ3n) is 2.78. The second-order valence-electron chi connectivity index (χ2n) is 4.88. The quantitative estimate of drug-likeness (QED) is 0.287. The van der Waals surface area contributed by atoms with E-state index in [0.717, 1.165) is 0 Å². The van der Waals surface area contributed by atoms with Gasteiger partial charge in [0.05, 0.1) is 0 Å². The number of hydrogen-bond acceptors (Lipinski definition) is 2. The predicted octanol–water partition coefficient (Wildman–Crippen LogP) is 4.40. The largest absolute Gasteiger partial charge is 0.478 e. The maximum Gasteiger partial charge on any atom is 0.328 e. The summed E-state index contributed by atoms with van der Waals surface area (Å²) in [6, 6.07) is 0. The van der Waals surface area contributed by atoms with Gasteiger partial charge in [-0.25, -0.2) is 9.59 Å². The maximum absolute atomic E-state index is 9.55. The Morgan fingerprint density at radius 3 is 1.43 bits per heavy atom. The van der Waals surface area contributed by atoms with Crippen LogP contribution in [0.25, 0.3) is 0 Å². The number of unbranched alkanes of at least 4 members (excludes halogenated alkanes) is 6. The summed E-state index contributed by atoms with van der Waals surface area (Å²) in [5, 5.41) is 15.6. The van der Waals surface area contributed by atoms with Gasteiger partial charge in [-0.3, -0.25) is 0 Å². The smallest absolute Gasteiger partial charge is 0.328 e. The Hall–Kier alpha value is -0.521. The van der Waals surface area contributed by atoms with E-state index in [2.05, 4.69) is 13.8 Å². The van der Waals surface area contributed by atoms with Crippen LogP contribution in [0.4, 0.5) is 0 Å². The standard InChI is InChI=1S/2C6H13.C4H4O4.Sn/c2*1-3-5-6-4-2;5-3(6)1-2-4(7)8;/h2*1,3-6H2,2H3;1-2H,(H,5,6)(H,7,8);. The first kappa shape index (κ1) is 22.8. The molecule has 0 aliphatic carbocycles. The fourth-order valence-corrected chi connectivity index (χ4v) is 5.19. The molecule has 5 heteroatoms. The summed E-state index contributed by atoms with van der Waals surface area (Å²) in [5.41, 5.74) is 0. The number of aliphatic carboxylic acids is 2. The molecule has 0 fully saturated rings. The third-order valence-corrected chi connectivity index (χ3v) is 6.82. The van der Waals surface area contributed by atoms with Gasteiger partial charge in [0.15, 0.2) is 0 Å². The molecule has 0 amide bonds. The van der Waals surface area contributed by atoms with Crippen LogP contribution < -0.4 is 0 Å². The summed E-state index contributed by atoms with van der Waals surface area (Å²) in [4.78, 5) is 19.1. The summed E-state index contributed by atoms with van der Waals surface area (Å²) in [6.45, 7) is 4.59. The number of carbonyl (C=O) groups is 2. The summed E-state index contributed by atoms with van der Waals surface area (Å²) in [6.07, 6.45) is 12.9. The first-order valence-corrected chi connectivity index (χ1v) is 11.9. The minimum atomic E-state index is -1.26. The Morgan fingerprint density at radius 1 is 0.762 bits per heavy atom. The second kappa shape index (κ2) is 19.5. The number of hydrogen-bond donors (Lipinski definition) is 2. The SMILES string of the molecule is CCCCC[CH2][Sn][CH2]CCCCC.O=C(O)C=CC(=O)O. The van der Waals surface area contributed by atoms with Gasteiger partial charge in [-0.15, -0.1) is 0 Å². The zero-order valence-corrected chi connectivity index (χ0v) is 16.3. The first-order valence-electron chi connectivity index (χ1n) is 7.89. The minimum Gasteiger partial charge on any atom is -0.478 e. The Bertz CT molecular complexity index is 251. The van der Waals surface area contributed by atoms with Gasteiger partial charge >= 0.3 is 107 Å². The van der Waals surface area contributed by atoms with Gasteiger partial charge in [0.25, 0.3) is 0 Å². The van der Waals surface area contributed by atoms with Gasteiger partial charge in [-0.2, -0.15) is 0 Å².